The molecule has 1 aromatic carbocycles. The van der Waals surface area contributed by atoms with Crippen LogP contribution in [0.4, 0.5) is 0 Å². The zero-order chi connectivity index (χ0) is 15.0. The van der Waals surface area contributed by atoms with Gasteiger partial charge in [0.1, 0.15) is 17.1 Å². The number of rotatable bonds is 3. The minimum atomic E-state index is -3.67. The van der Waals surface area contributed by atoms with Gasteiger partial charge < -0.3 is 10.3 Å². The molecule has 1 aliphatic rings. The predicted octanol–water partition coefficient (Wildman–Crippen LogP) is 0.117. The number of nitrogens with two attached hydrogens (primary N) is 1. The van der Waals surface area contributed by atoms with Crippen molar-refractivity contribution in [2.24, 2.45) is 5.73 Å². The van der Waals surface area contributed by atoms with Crippen molar-refractivity contribution in [3.05, 3.63) is 42.0 Å². The molecule has 7 nitrogen and oxygen atoms in total. The quantitative estimate of drug-likeness (QED) is 0.806. The second-order valence-corrected chi connectivity index (χ2v) is 6.99. The first-order valence-corrected chi connectivity index (χ1v) is 8.10. The Hall–Kier alpha value is -1.84. The minimum Gasteiger partial charge on any atom is -0.389 e. The minimum absolute atomic E-state index is 0.0642. The molecular weight excluding hydrogens is 310 g/mol. The van der Waals surface area contributed by atoms with Crippen LogP contribution >= 0.6 is 12.2 Å². The van der Waals surface area contributed by atoms with Gasteiger partial charge in [-0.05, 0) is 6.07 Å². The van der Waals surface area contributed by atoms with E-state index in [9.17, 15) is 8.42 Å². The van der Waals surface area contributed by atoms with E-state index in [0.717, 1.165) is 0 Å². The molecule has 2 aromatic rings. The Morgan fingerprint density at radius 3 is 2.81 bits per heavy atom. The van der Waals surface area contributed by atoms with Gasteiger partial charge in [0.15, 0.2) is 0 Å². The number of thiocarbonyl (C=S) groups is 1. The molecular formula is C12H13N5O2S2. The lowest BCUT2D eigenvalue weighted by Crippen LogP contribution is -2.39. The van der Waals surface area contributed by atoms with Crippen molar-refractivity contribution in [1.29, 1.82) is 0 Å². The van der Waals surface area contributed by atoms with Gasteiger partial charge >= 0.3 is 0 Å². The van der Waals surface area contributed by atoms with Gasteiger partial charge in [0, 0.05) is 18.7 Å². The van der Waals surface area contributed by atoms with Gasteiger partial charge in [0.25, 0.3) is 0 Å². The summed E-state index contributed by atoms with van der Waals surface area (Å²) in [4.78, 5) is 0.194. The van der Waals surface area contributed by atoms with E-state index in [1.54, 1.807) is 24.5 Å². The fraction of sp³-hybridized carbons (Fsp3) is 0.250. The Bertz CT molecular complexity index is 799. The molecule has 0 fully saturated rings. The second-order valence-electron chi connectivity index (χ2n) is 4.64. The Balaban J connectivity index is 2.01. The average molecular weight is 323 g/mol. The molecule has 0 saturated carbocycles. The Labute approximate surface area is 127 Å². The molecule has 0 saturated heterocycles. The largest absolute Gasteiger partial charge is 0.389 e. The Morgan fingerprint density at radius 1 is 1.29 bits per heavy atom. The zero-order valence-corrected chi connectivity index (χ0v) is 12.6. The fourth-order valence-corrected chi connectivity index (χ4v) is 4.12. The molecule has 21 heavy (non-hydrogen) atoms. The number of fused-ring (bicyclic) bond motifs is 1. The Kier molecular flexibility index (Phi) is 3.47. The highest BCUT2D eigenvalue weighted by atomic mass is 32.2. The molecule has 9 heteroatoms. The van der Waals surface area contributed by atoms with E-state index in [4.69, 9.17) is 18.0 Å². The van der Waals surface area contributed by atoms with Crippen molar-refractivity contribution < 1.29 is 8.42 Å². The number of benzene rings is 1. The maximum absolute atomic E-state index is 12.8. The normalized spacial score (nSPS) is 15.6. The molecule has 0 aliphatic carbocycles. The van der Waals surface area contributed by atoms with Crippen LogP contribution in [0.15, 0.2) is 35.5 Å². The third-order valence-corrected chi connectivity index (χ3v) is 5.50. The van der Waals surface area contributed by atoms with Crippen molar-refractivity contribution in [1.82, 2.24) is 19.1 Å². The summed E-state index contributed by atoms with van der Waals surface area (Å²) in [5, 5.41) is 7.72. The van der Waals surface area contributed by atoms with E-state index in [2.05, 4.69) is 10.2 Å². The van der Waals surface area contributed by atoms with Crippen LogP contribution in [0.1, 0.15) is 11.4 Å². The average Bonchev–Trinajstić information content (AvgIpc) is 2.94. The van der Waals surface area contributed by atoms with E-state index in [0.29, 0.717) is 24.5 Å². The highest BCUT2D eigenvalue weighted by Gasteiger charge is 2.31. The molecule has 110 valence electrons. The highest BCUT2D eigenvalue weighted by molar-refractivity contribution is 7.89. The molecule has 0 unspecified atom stereocenters. The summed E-state index contributed by atoms with van der Waals surface area (Å²) in [6.07, 6.45) is 1.60. The fourth-order valence-electron chi connectivity index (χ4n) is 2.28. The third-order valence-electron chi connectivity index (χ3n) is 3.37. The van der Waals surface area contributed by atoms with Crippen LogP contribution in [-0.2, 0) is 23.1 Å². The third kappa shape index (κ3) is 2.43. The summed E-state index contributed by atoms with van der Waals surface area (Å²) in [7, 11) is -3.67. The van der Waals surface area contributed by atoms with Crippen LogP contribution in [0.5, 0.6) is 0 Å². The summed E-state index contributed by atoms with van der Waals surface area (Å²) in [6, 6.07) is 6.49. The molecule has 2 N–H and O–H groups in total. The van der Waals surface area contributed by atoms with Crippen LogP contribution in [0.3, 0.4) is 0 Å². The van der Waals surface area contributed by atoms with Gasteiger partial charge in [0.05, 0.1) is 11.4 Å². The Morgan fingerprint density at radius 2 is 2.05 bits per heavy atom. The van der Waals surface area contributed by atoms with Crippen molar-refractivity contribution in [3.63, 3.8) is 0 Å². The number of hydrogen-bond donors (Lipinski definition) is 1. The first-order valence-electron chi connectivity index (χ1n) is 6.26. The molecule has 3 rings (SSSR count). The smallest absolute Gasteiger partial charge is 0.244 e. The molecule has 0 atom stereocenters. The highest BCUT2D eigenvalue weighted by Crippen LogP contribution is 2.23. The summed E-state index contributed by atoms with van der Waals surface area (Å²) in [5.74, 6) is 0.623. The van der Waals surface area contributed by atoms with Gasteiger partial charge in [-0.1, -0.05) is 30.4 Å². The molecule has 0 spiro atoms. The van der Waals surface area contributed by atoms with Crippen LogP contribution in [0.2, 0.25) is 0 Å². The number of hydrogen-bond acceptors (Lipinski definition) is 5. The van der Waals surface area contributed by atoms with Crippen LogP contribution < -0.4 is 5.73 Å². The second kappa shape index (κ2) is 5.17. The predicted molar refractivity (Wildman–Crippen MR) is 79.9 cm³/mol. The topological polar surface area (TPSA) is 94.1 Å². The summed E-state index contributed by atoms with van der Waals surface area (Å²) >= 11 is 4.94. The zero-order valence-electron chi connectivity index (χ0n) is 11.0. The van der Waals surface area contributed by atoms with Crippen LogP contribution in [0.25, 0.3) is 0 Å². The van der Waals surface area contributed by atoms with Crippen molar-refractivity contribution in [2.75, 3.05) is 6.54 Å². The monoisotopic (exact) mass is 323 g/mol. The van der Waals surface area contributed by atoms with Gasteiger partial charge in [-0.15, -0.1) is 10.2 Å². The van der Waals surface area contributed by atoms with E-state index in [-0.39, 0.29) is 16.4 Å². The molecule has 2 heterocycles. The lowest BCUT2D eigenvalue weighted by atomic mass is 10.2. The van der Waals surface area contributed by atoms with E-state index < -0.39 is 10.0 Å². The molecule has 0 bridgehead atoms. The summed E-state index contributed by atoms with van der Waals surface area (Å²) in [6.45, 7) is 1.07. The van der Waals surface area contributed by atoms with Gasteiger partial charge in [-0.3, -0.25) is 0 Å². The van der Waals surface area contributed by atoms with Crippen LogP contribution in [-0.4, -0.2) is 39.0 Å². The number of sulfonamides is 1. The lowest BCUT2D eigenvalue weighted by Gasteiger charge is -2.27. The van der Waals surface area contributed by atoms with Gasteiger partial charge in [0.2, 0.25) is 10.0 Å². The SMILES string of the molecule is NC(=S)c1ccccc1S(=O)(=O)N1CCn2cnnc2C1. The van der Waals surface area contributed by atoms with E-state index in [1.165, 1.54) is 10.4 Å². The maximum Gasteiger partial charge on any atom is 0.244 e. The van der Waals surface area contributed by atoms with Gasteiger partial charge in [-0.25, -0.2) is 8.42 Å². The van der Waals surface area contributed by atoms with Crippen molar-refractivity contribution in [3.8, 4) is 0 Å². The maximum atomic E-state index is 12.8. The molecule has 1 aliphatic heterocycles. The summed E-state index contributed by atoms with van der Waals surface area (Å²) < 4.78 is 28.8. The molecule has 0 amide bonds. The number of nitrogens with zero attached hydrogens (tertiary/aromatic N) is 4. The van der Waals surface area contributed by atoms with Crippen molar-refractivity contribution in [2.45, 2.75) is 18.0 Å². The molecule has 0 radical (unpaired) electrons. The van der Waals surface area contributed by atoms with Crippen LogP contribution in [0, 0.1) is 0 Å². The standard InChI is InChI=1S/C12H13N5O2S2/c13-12(20)9-3-1-2-4-10(9)21(18,19)17-6-5-16-8-14-15-11(16)7-17/h1-4,8H,5-7H2,(H2,13,20). The molecule has 1 aromatic heterocycles. The lowest BCUT2D eigenvalue weighted by molar-refractivity contribution is 0.335. The first-order chi connectivity index (χ1) is 10.00. The van der Waals surface area contributed by atoms with E-state index in [1.807, 2.05) is 4.57 Å². The first kappa shape index (κ1) is 14.1. The van der Waals surface area contributed by atoms with Gasteiger partial charge in [-0.2, -0.15) is 4.31 Å². The van der Waals surface area contributed by atoms with E-state index >= 15 is 0 Å². The summed E-state index contributed by atoms with van der Waals surface area (Å²) in [5.41, 5.74) is 5.98. The van der Waals surface area contributed by atoms with Crippen molar-refractivity contribution >= 4 is 27.2 Å². The number of aromatic nitrogens is 3.